The Kier molecular flexibility index (Phi) is 5.16. The van der Waals surface area contributed by atoms with E-state index in [2.05, 4.69) is 0 Å². The Bertz CT molecular complexity index is 803. The summed E-state index contributed by atoms with van der Waals surface area (Å²) in [6.45, 7) is -0.359. The molecule has 2 aromatic rings. The largest absolute Gasteiger partial charge is 0.493 e. The fourth-order valence-electron chi connectivity index (χ4n) is 1.80. The molecule has 0 aliphatic heterocycles. The van der Waals surface area contributed by atoms with Crippen LogP contribution in [0.4, 0.5) is 0 Å². The number of benzene rings is 2. The first-order valence-electron chi connectivity index (χ1n) is 6.58. The quantitative estimate of drug-likeness (QED) is 0.622. The fourth-order valence-corrected chi connectivity index (χ4v) is 1.80. The average Bonchev–Trinajstić information content (AvgIpc) is 2.60. The fraction of sp³-hybridized carbons (Fsp3) is 0.118. The lowest BCUT2D eigenvalue weighted by Gasteiger charge is -2.10. The molecule has 114 valence electrons. The summed E-state index contributed by atoms with van der Waals surface area (Å²) < 4.78 is 15.5. The summed E-state index contributed by atoms with van der Waals surface area (Å²) in [4.78, 5) is 11.9. The van der Waals surface area contributed by atoms with Crippen LogP contribution >= 0.6 is 0 Å². The number of hydrogen-bond donors (Lipinski definition) is 0. The molecule has 0 aromatic heterocycles. The molecule has 0 spiro atoms. The Morgan fingerprint density at radius 3 is 2.52 bits per heavy atom. The number of nitrogens with zero attached hydrogens (tertiary/aromatic N) is 2. The molecule has 0 N–H and O–H groups in total. The number of ether oxygens (including phenoxy) is 3. The summed E-state index contributed by atoms with van der Waals surface area (Å²) in [5.41, 5.74) is 0.720. The zero-order chi connectivity index (χ0) is 16.7. The molecule has 0 atom stereocenters. The van der Waals surface area contributed by atoms with Gasteiger partial charge in [0.25, 0.3) is 0 Å². The maximum absolute atomic E-state index is 11.9. The van der Waals surface area contributed by atoms with Crippen molar-refractivity contribution >= 4 is 5.97 Å². The van der Waals surface area contributed by atoms with E-state index in [1.165, 1.54) is 25.3 Å². The first-order chi connectivity index (χ1) is 11.2. The summed E-state index contributed by atoms with van der Waals surface area (Å²) in [5, 5.41) is 17.8. The Labute approximate surface area is 133 Å². The van der Waals surface area contributed by atoms with Crippen LogP contribution in [0.25, 0.3) is 0 Å². The molecule has 2 rings (SSSR count). The van der Waals surface area contributed by atoms with Gasteiger partial charge in [-0.15, -0.1) is 0 Å². The van der Waals surface area contributed by atoms with Gasteiger partial charge in [-0.3, -0.25) is 0 Å². The van der Waals surface area contributed by atoms with E-state index in [4.69, 9.17) is 24.7 Å². The van der Waals surface area contributed by atoms with Crippen molar-refractivity contribution in [1.29, 1.82) is 10.5 Å². The molecule has 0 heterocycles. The van der Waals surface area contributed by atoms with Gasteiger partial charge in [-0.05, 0) is 24.3 Å². The SMILES string of the molecule is COc1cc(C#N)ccc1OC(=O)COc1ccccc1C#N. The van der Waals surface area contributed by atoms with Crippen molar-refractivity contribution in [3.8, 4) is 29.4 Å². The molecule has 0 radical (unpaired) electrons. The van der Waals surface area contributed by atoms with Gasteiger partial charge in [-0.2, -0.15) is 10.5 Å². The molecular formula is C17H12N2O4. The smallest absolute Gasteiger partial charge is 0.349 e. The third-order valence-corrected chi connectivity index (χ3v) is 2.87. The highest BCUT2D eigenvalue weighted by Crippen LogP contribution is 2.28. The molecule has 0 amide bonds. The zero-order valence-corrected chi connectivity index (χ0v) is 12.3. The van der Waals surface area contributed by atoms with Gasteiger partial charge in [-0.1, -0.05) is 12.1 Å². The van der Waals surface area contributed by atoms with Gasteiger partial charge < -0.3 is 14.2 Å². The highest BCUT2D eigenvalue weighted by atomic mass is 16.6. The molecule has 0 aliphatic carbocycles. The molecule has 0 fully saturated rings. The predicted octanol–water partition coefficient (Wildman–Crippen LogP) is 2.42. The molecule has 0 saturated carbocycles. The number of nitriles is 2. The van der Waals surface area contributed by atoms with E-state index >= 15 is 0 Å². The Hall–Kier alpha value is -3.51. The van der Waals surface area contributed by atoms with E-state index < -0.39 is 5.97 Å². The molecule has 6 nitrogen and oxygen atoms in total. The normalized spacial score (nSPS) is 9.35. The van der Waals surface area contributed by atoms with E-state index in [-0.39, 0.29) is 18.1 Å². The summed E-state index contributed by atoms with van der Waals surface area (Å²) in [6, 6.07) is 15.0. The zero-order valence-electron chi connectivity index (χ0n) is 12.3. The van der Waals surface area contributed by atoms with Crippen molar-refractivity contribution in [2.45, 2.75) is 0 Å². The lowest BCUT2D eigenvalue weighted by molar-refractivity contribution is -0.136. The standard InChI is InChI=1S/C17H12N2O4/c1-21-16-8-12(9-18)6-7-15(16)23-17(20)11-22-14-5-3-2-4-13(14)10-19/h2-8H,11H2,1H3. The van der Waals surface area contributed by atoms with Crippen LogP contribution in [0, 0.1) is 22.7 Å². The van der Waals surface area contributed by atoms with Crippen LogP contribution in [-0.2, 0) is 4.79 Å². The lowest BCUT2D eigenvalue weighted by atomic mass is 10.2. The third kappa shape index (κ3) is 3.99. The maximum atomic E-state index is 11.9. The van der Waals surface area contributed by atoms with Crippen LogP contribution in [0.2, 0.25) is 0 Å². The van der Waals surface area contributed by atoms with Crippen molar-refractivity contribution in [1.82, 2.24) is 0 Å². The number of para-hydroxylation sites is 1. The van der Waals surface area contributed by atoms with Gasteiger partial charge >= 0.3 is 5.97 Å². The molecule has 0 bridgehead atoms. The Morgan fingerprint density at radius 2 is 1.83 bits per heavy atom. The minimum absolute atomic E-state index is 0.189. The van der Waals surface area contributed by atoms with Crippen LogP contribution in [0.3, 0.4) is 0 Å². The predicted molar refractivity (Wildman–Crippen MR) is 80.0 cm³/mol. The van der Waals surface area contributed by atoms with Gasteiger partial charge in [0.05, 0.1) is 24.3 Å². The lowest BCUT2D eigenvalue weighted by Crippen LogP contribution is -2.18. The van der Waals surface area contributed by atoms with Crippen LogP contribution in [0.5, 0.6) is 17.2 Å². The molecule has 6 heteroatoms. The molecule has 2 aromatic carbocycles. The third-order valence-electron chi connectivity index (χ3n) is 2.87. The molecule has 23 heavy (non-hydrogen) atoms. The van der Waals surface area contributed by atoms with Crippen molar-refractivity contribution in [3.63, 3.8) is 0 Å². The van der Waals surface area contributed by atoms with Crippen LogP contribution in [0.15, 0.2) is 42.5 Å². The summed E-state index contributed by atoms with van der Waals surface area (Å²) >= 11 is 0. The minimum Gasteiger partial charge on any atom is -0.493 e. The van der Waals surface area contributed by atoms with E-state index in [0.29, 0.717) is 16.9 Å². The monoisotopic (exact) mass is 308 g/mol. The first-order valence-corrected chi connectivity index (χ1v) is 6.58. The van der Waals surface area contributed by atoms with Gasteiger partial charge in [-0.25, -0.2) is 4.79 Å². The van der Waals surface area contributed by atoms with Crippen molar-refractivity contribution in [2.24, 2.45) is 0 Å². The number of esters is 1. The second kappa shape index (κ2) is 7.48. The Morgan fingerprint density at radius 1 is 1.04 bits per heavy atom. The second-order valence-electron chi connectivity index (χ2n) is 4.35. The average molecular weight is 308 g/mol. The number of rotatable bonds is 5. The van der Waals surface area contributed by atoms with Gasteiger partial charge in [0, 0.05) is 6.07 Å². The second-order valence-corrected chi connectivity index (χ2v) is 4.35. The van der Waals surface area contributed by atoms with Crippen molar-refractivity contribution < 1.29 is 19.0 Å². The van der Waals surface area contributed by atoms with Gasteiger partial charge in [0.2, 0.25) is 0 Å². The van der Waals surface area contributed by atoms with Gasteiger partial charge in [0.15, 0.2) is 18.1 Å². The maximum Gasteiger partial charge on any atom is 0.349 e. The topological polar surface area (TPSA) is 92.3 Å². The molecular weight excluding hydrogens is 296 g/mol. The number of hydrogen-bond acceptors (Lipinski definition) is 6. The summed E-state index contributed by atoms with van der Waals surface area (Å²) in [7, 11) is 1.41. The number of carbonyl (C=O) groups is 1. The van der Waals surface area contributed by atoms with E-state index in [9.17, 15) is 4.79 Å². The van der Waals surface area contributed by atoms with Crippen LogP contribution < -0.4 is 14.2 Å². The Balaban J connectivity index is 2.03. The first kappa shape index (κ1) is 15.9. The molecule has 0 aliphatic rings. The number of carbonyl (C=O) groups excluding carboxylic acids is 1. The van der Waals surface area contributed by atoms with Crippen molar-refractivity contribution in [2.75, 3.05) is 13.7 Å². The number of methoxy groups -OCH3 is 1. The van der Waals surface area contributed by atoms with Crippen molar-refractivity contribution in [3.05, 3.63) is 53.6 Å². The van der Waals surface area contributed by atoms with E-state index in [1.807, 2.05) is 12.1 Å². The summed E-state index contributed by atoms with van der Waals surface area (Å²) in [5.74, 6) is 0.114. The summed E-state index contributed by atoms with van der Waals surface area (Å²) in [6.07, 6.45) is 0. The van der Waals surface area contributed by atoms with Crippen LogP contribution in [-0.4, -0.2) is 19.7 Å². The van der Waals surface area contributed by atoms with E-state index in [1.54, 1.807) is 24.3 Å². The highest BCUT2D eigenvalue weighted by Gasteiger charge is 2.12. The van der Waals surface area contributed by atoms with Gasteiger partial charge in [0.1, 0.15) is 11.8 Å². The highest BCUT2D eigenvalue weighted by molar-refractivity contribution is 5.75. The minimum atomic E-state index is -0.652. The molecule has 0 unspecified atom stereocenters. The van der Waals surface area contributed by atoms with Crippen LogP contribution in [0.1, 0.15) is 11.1 Å². The van der Waals surface area contributed by atoms with E-state index in [0.717, 1.165) is 0 Å². The molecule has 0 saturated heterocycles.